The quantitative estimate of drug-likeness (QED) is 0.649. The third-order valence-electron chi connectivity index (χ3n) is 1.98. The van der Waals surface area contributed by atoms with Crippen molar-refractivity contribution >= 4 is 23.6 Å². The second-order valence-electron chi connectivity index (χ2n) is 3.01. The number of nitrogens with zero attached hydrogens (tertiary/aromatic N) is 1. The molecule has 1 saturated heterocycles. The van der Waals surface area contributed by atoms with E-state index in [1.54, 1.807) is 6.92 Å². The molecular weight excluding hydrogens is 190 g/mol. The predicted molar refractivity (Wildman–Crippen MR) is 50.3 cm³/mol. The Bertz CT molecular complexity index is 203. The molecule has 0 aliphatic carbocycles. The van der Waals surface area contributed by atoms with Crippen molar-refractivity contribution < 1.29 is 14.7 Å². The SMILES string of the molecule is CC(CCO)N1C(=O)CSCC1=O. The van der Waals surface area contributed by atoms with E-state index in [2.05, 4.69) is 0 Å². The van der Waals surface area contributed by atoms with Gasteiger partial charge in [-0.25, -0.2) is 0 Å². The molecule has 1 aliphatic rings. The fraction of sp³-hybridized carbons (Fsp3) is 0.750. The second-order valence-corrected chi connectivity index (χ2v) is 4.00. The summed E-state index contributed by atoms with van der Waals surface area (Å²) in [6, 6.07) is -0.175. The standard InChI is InChI=1S/C8H13NO3S/c1-6(2-3-10)9-7(11)4-13-5-8(9)12/h6,10H,2-5H2,1H3. The highest BCUT2D eigenvalue weighted by atomic mass is 32.2. The molecule has 0 aromatic carbocycles. The van der Waals surface area contributed by atoms with Crippen LogP contribution in [0.25, 0.3) is 0 Å². The summed E-state index contributed by atoms with van der Waals surface area (Å²) in [5.41, 5.74) is 0. The van der Waals surface area contributed by atoms with Gasteiger partial charge in [0.2, 0.25) is 11.8 Å². The van der Waals surface area contributed by atoms with E-state index in [1.807, 2.05) is 0 Å². The average molecular weight is 203 g/mol. The minimum absolute atomic E-state index is 0.00533. The van der Waals surface area contributed by atoms with Crippen molar-refractivity contribution in [2.75, 3.05) is 18.1 Å². The lowest BCUT2D eigenvalue weighted by Crippen LogP contribution is -2.48. The van der Waals surface area contributed by atoms with Crippen LogP contribution in [-0.4, -0.2) is 46.0 Å². The van der Waals surface area contributed by atoms with Crippen LogP contribution in [0.2, 0.25) is 0 Å². The predicted octanol–water partition coefficient (Wildman–Crippen LogP) is -0.141. The number of hydrogen-bond donors (Lipinski definition) is 1. The van der Waals surface area contributed by atoms with E-state index in [0.29, 0.717) is 17.9 Å². The van der Waals surface area contributed by atoms with Crippen LogP contribution in [0.4, 0.5) is 0 Å². The summed E-state index contributed by atoms with van der Waals surface area (Å²) in [4.78, 5) is 23.9. The fourth-order valence-corrected chi connectivity index (χ4v) is 2.04. The van der Waals surface area contributed by atoms with Crippen molar-refractivity contribution in [2.45, 2.75) is 19.4 Å². The third kappa shape index (κ3) is 2.45. The van der Waals surface area contributed by atoms with Gasteiger partial charge in [-0.05, 0) is 13.3 Å². The molecule has 4 nitrogen and oxygen atoms in total. The molecule has 5 heteroatoms. The van der Waals surface area contributed by atoms with E-state index in [4.69, 9.17) is 5.11 Å². The Hall–Kier alpha value is -0.550. The minimum atomic E-state index is -0.175. The Morgan fingerprint density at radius 2 is 2.00 bits per heavy atom. The molecule has 74 valence electrons. The van der Waals surface area contributed by atoms with Crippen molar-refractivity contribution in [3.05, 3.63) is 0 Å². The number of rotatable bonds is 3. The van der Waals surface area contributed by atoms with Crippen molar-refractivity contribution in [3.63, 3.8) is 0 Å². The van der Waals surface area contributed by atoms with Crippen LogP contribution >= 0.6 is 11.8 Å². The van der Waals surface area contributed by atoms with E-state index in [9.17, 15) is 9.59 Å². The third-order valence-corrected chi connectivity index (χ3v) is 2.88. The van der Waals surface area contributed by atoms with Crippen LogP contribution in [0.5, 0.6) is 0 Å². The summed E-state index contributed by atoms with van der Waals surface area (Å²) < 4.78 is 0. The summed E-state index contributed by atoms with van der Waals surface area (Å²) in [5.74, 6) is 0.479. The molecular formula is C8H13NO3S. The van der Waals surface area contributed by atoms with Gasteiger partial charge >= 0.3 is 0 Å². The minimum Gasteiger partial charge on any atom is -0.396 e. The first kappa shape index (κ1) is 10.5. The zero-order valence-corrected chi connectivity index (χ0v) is 8.34. The summed E-state index contributed by atoms with van der Waals surface area (Å²) in [7, 11) is 0. The van der Waals surface area contributed by atoms with E-state index < -0.39 is 0 Å². The Labute approximate surface area is 81.3 Å². The van der Waals surface area contributed by atoms with Gasteiger partial charge in [0.15, 0.2) is 0 Å². The highest BCUT2D eigenvalue weighted by Crippen LogP contribution is 2.16. The monoisotopic (exact) mass is 203 g/mol. The first-order valence-electron chi connectivity index (χ1n) is 4.20. The zero-order chi connectivity index (χ0) is 9.84. The van der Waals surface area contributed by atoms with Crippen LogP contribution in [0.15, 0.2) is 0 Å². The van der Waals surface area contributed by atoms with Crippen molar-refractivity contribution in [3.8, 4) is 0 Å². The van der Waals surface area contributed by atoms with Crippen LogP contribution in [0.3, 0.4) is 0 Å². The second kappa shape index (κ2) is 4.62. The van der Waals surface area contributed by atoms with Crippen molar-refractivity contribution in [1.29, 1.82) is 0 Å². The van der Waals surface area contributed by atoms with E-state index in [-0.39, 0.29) is 24.5 Å². The number of amides is 2. The van der Waals surface area contributed by atoms with Crippen LogP contribution in [0.1, 0.15) is 13.3 Å². The molecule has 1 N–H and O–H groups in total. The van der Waals surface area contributed by atoms with Crippen molar-refractivity contribution in [2.24, 2.45) is 0 Å². The lowest BCUT2D eigenvalue weighted by Gasteiger charge is -2.29. The van der Waals surface area contributed by atoms with Gasteiger partial charge in [-0.3, -0.25) is 14.5 Å². The number of hydrogen-bond acceptors (Lipinski definition) is 4. The lowest BCUT2D eigenvalue weighted by atomic mass is 10.2. The molecule has 0 spiro atoms. The van der Waals surface area contributed by atoms with Crippen LogP contribution < -0.4 is 0 Å². The number of carbonyl (C=O) groups is 2. The molecule has 0 aromatic heterocycles. The molecule has 1 aliphatic heterocycles. The van der Waals surface area contributed by atoms with Gasteiger partial charge in [-0.15, -0.1) is 11.8 Å². The topological polar surface area (TPSA) is 57.6 Å². The highest BCUT2D eigenvalue weighted by Gasteiger charge is 2.29. The van der Waals surface area contributed by atoms with Crippen LogP contribution in [-0.2, 0) is 9.59 Å². The Balaban J connectivity index is 2.62. The number of aliphatic hydroxyl groups is 1. The molecule has 0 saturated carbocycles. The molecule has 1 heterocycles. The fourth-order valence-electron chi connectivity index (χ4n) is 1.31. The van der Waals surface area contributed by atoms with Gasteiger partial charge in [0, 0.05) is 12.6 Å². The maximum Gasteiger partial charge on any atom is 0.239 e. The Kier molecular flexibility index (Phi) is 3.74. The molecule has 1 atom stereocenters. The van der Waals surface area contributed by atoms with Gasteiger partial charge in [0.25, 0.3) is 0 Å². The average Bonchev–Trinajstić information content (AvgIpc) is 2.04. The summed E-state index contributed by atoms with van der Waals surface area (Å²) in [6.07, 6.45) is 0.460. The van der Waals surface area contributed by atoms with E-state index in [1.165, 1.54) is 16.7 Å². The van der Waals surface area contributed by atoms with Gasteiger partial charge in [0.05, 0.1) is 11.5 Å². The van der Waals surface area contributed by atoms with Crippen LogP contribution in [0, 0.1) is 0 Å². The molecule has 1 rings (SSSR count). The molecule has 0 radical (unpaired) electrons. The van der Waals surface area contributed by atoms with Gasteiger partial charge in [-0.2, -0.15) is 0 Å². The molecule has 2 amide bonds. The molecule has 0 bridgehead atoms. The maximum absolute atomic E-state index is 11.3. The molecule has 1 fully saturated rings. The van der Waals surface area contributed by atoms with Gasteiger partial charge in [0.1, 0.15) is 0 Å². The molecule has 13 heavy (non-hydrogen) atoms. The normalized spacial score (nSPS) is 20.6. The van der Waals surface area contributed by atoms with Crippen molar-refractivity contribution in [1.82, 2.24) is 4.90 Å². The number of thioether (sulfide) groups is 1. The first-order chi connectivity index (χ1) is 6.16. The first-order valence-corrected chi connectivity index (χ1v) is 5.35. The summed E-state index contributed by atoms with van der Waals surface area (Å²) in [5, 5.41) is 8.69. The van der Waals surface area contributed by atoms with E-state index >= 15 is 0 Å². The summed E-state index contributed by atoms with van der Waals surface area (Å²) >= 11 is 1.35. The van der Waals surface area contributed by atoms with E-state index in [0.717, 1.165) is 0 Å². The molecule has 1 unspecified atom stereocenters. The van der Waals surface area contributed by atoms with Gasteiger partial charge in [-0.1, -0.05) is 0 Å². The largest absolute Gasteiger partial charge is 0.396 e. The number of imide groups is 1. The maximum atomic E-state index is 11.3. The lowest BCUT2D eigenvalue weighted by molar-refractivity contribution is -0.144. The number of aliphatic hydroxyl groups excluding tert-OH is 1. The zero-order valence-electron chi connectivity index (χ0n) is 7.52. The summed E-state index contributed by atoms with van der Waals surface area (Å²) in [6.45, 7) is 1.79. The Morgan fingerprint density at radius 1 is 1.46 bits per heavy atom. The highest BCUT2D eigenvalue weighted by molar-refractivity contribution is 8.00. The Morgan fingerprint density at radius 3 is 2.46 bits per heavy atom. The molecule has 0 aromatic rings. The number of carbonyl (C=O) groups excluding carboxylic acids is 2. The van der Waals surface area contributed by atoms with Gasteiger partial charge < -0.3 is 5.11 Å². The smallest absolute Gasteiger partial charge is 0.239 e.